The first-order valence-electron chi connectivity index (χ1n) is 13.4. The molecule has 0 atom stereocenters. The van der Waals surface area contributed by atoms with Gasteiger partial charge in [0.05, 0.1) is 6.54 Å². The van der Waals surface area contributed by atoms with Gasteiger partial charge in [0.15, 0.2) is 5.82 Å². The van der Waals surface area contributed by atoms with Crippen molar-refractivity contribution in [2.24, 2.45) is 5.92 Å². The van der Waals surface area contributed by atoms with Gasteiger partial charge in [-0.3, -0.25) is 9.36 Å². The molecule has 0 amide bonds. The smallest absolute Gasteiger partial charge is 0.291 e. The molecule has 2 heterocycles. The van der Waals surface area contributed by atoms with E-state index in [0.29, 0.717) is 12.4 Å². The van der Waals surface area contributed by atoms with Crippen LogP contribution in [0, 0.1) is 12.8 Å². The molecule has 1 saturated carbocycles. The SMILES string of the molecule is CCCCc1c(C)n(C(=O)C2CCCCC2)c(=O)n1Cc1ccc(-c2ccccc2-c2nnn[nH]2)cc1. The molecule has 1 aliphatic carbocycles. The molecule has 2 aromatic heterocycles. The van der Waals surface area contributed by atoms with Crippen LogP contribution in [0.5, 0.6) is 0 Å². The number of unbranched alkanes of at least 4 members (excludes halogenated alkanes) is 1. The predicted octanol–water partition coefficient (Wildman–Crippen LogP) is 5.42. The second-order valence-corrected chi connectivity index (χ2v) is 10.0. The summed E-state index contributed by atoms with van der Waals surface area (Å²) in [6, 6.07) is 16.2. The number of aromatic nitrogens is 6. The normalized spacial score (nSPS) is 14.2. The standard InChI is InChI=1S/C29H34N6O2/c1-3-4-14-26-20(2)35(28(36)23-10-6-5-7-11-23)29(37)34(26)19-21-15-17-22(18-16-21)24-12-8-9-13-25(24)27-30-32-33-31-27/h8-9,12-13,15-18,23H,3-7,10-11,14,19H2,1-2H3,(H,30,31,32,33). The van der Waals surface area contributed by atoms with E-state index in [9.17, 15) is 9.59 Å². The van der Waals surface area contributed by atoms with Crippen LogP contribution in [-0.4, -0.2) is 35.7 Å². The zero-order chi connectivity index (χ0) is 25.8. The largest absolute Gasteiger partial charge is 0.335 e. The maximum atomic E-state index is 13.6. The fourth-order valence-electron chi connectivity index (χ4n) is 5.51. The lowest BCUT2D eigenvalue weighted by Crippen LogP contribution is -2.34. The van der Waals surface area contributed by atoms with E-state index in [-0.39, 0.29) is 17.5 Å². The van der Waals surface area contributed by atoms with Gasteiger partial charge in [-0.1, -0.05) is 81.1 Å². The highest BCUT2D eigenvalue weighted by molar-refractivity contribution is 5.82. The van der Waals surface area contributed by atoms with Crippen molar-refractivity contribution < 1.29 is 4.79 Å². The molecule has 1 N–H and O–H groups in total. The Labute approximate surface area is 216 Å². The summed E-state index contributed by atoms with van der Waals surface area (Å²) in [6.45, 7) is 4.52. The fraction of sp³-hybridized carbons (Fsp3) is 0.414. The summed E-state index contributed by atoms with van der Waals surface area (Å²) in [5.41, 5.74) is 5.58. The molecule has 5 rings (SSSR count). The maximum Gasteiger partial charge on any atom is 0.335 e. The molecule has 8 nitrogen and oxygen atoms in total. The van der Waals surface area contributed by atoms with Gasteiger partial charge < -0.3 is 0 Å². The summed E-state index contributed by atoms with van der Waals surface area (Å²) in [7, 11) is 0. The van der Waals surface area contributed by atoms with Crippen LogP contribution in [0.2, 0.25) is 0 Å². The van der Waals surface area contributed by atoms with Crippen molar-refractivity contribution in [1.82, 2.24) is 29.8 Å². The predicted molar refractivity (Wildman–Crippen MR) is 143 cm³/mol. The molecule has 0 aliphatic heterocycles. The van der Waals surface area contributed by atoms with Gasteiger partial charge in [0.1, 0.15) is 0 Å². The molecule has 0 radical (unpaired) electrons. The molecular weight excluding hydrogens is 464 g/mol. The third-order valence-electron chi connectivity index (χ3n) is 7.58. The number of H-pyrrole nitrogens is 1. The Morgan fingerprint density at radius 2 is 1.76 bits per heavy atom. The first-order chi connectivity index (χ1) is 18.1. The molecule has 0 saturated heterocycles. The van der Waals surface area contributed by atoms with Gasteiger partial charge in [0.2, 0.25) is 5.91 Å². The van der Waals surface area contributed by atoms with E-state index >= 15 is 0 Å². The van der Waals surface area contributed by atoms with E-state index in [2.05, 4.69) is 51.8 Å². The molecule has 0 spiro atoms. The quantitative estimate of drug-likeness (QED) is 0.350. The molecular formula is C29H34N6O2. The number of nitrogens with zero attached hydrogens (tertiary/aromatic N) is 5. The number of hydrogen-bond donors (Lipinski definition) is 1. The summed E-state index contributed by atoms with van der Waals surface area (Å²) in [6.07, 6.45) is 7.88. The van der Waals surface area contributed by atoms with Crippen LogP contribution in [0.1, 0.15) is 73.6 Å². The van der Waals surface area contributed by atoms with Crippen molar-refractivity contribution >= 4 is 5.91 Å². The summed E-state index contributed by atoms with van der Waals surface area (Å²) >= 11 is 0. The summed E-state index contributed by atoms with van der Waals surface area (Å²) in [5.74, 6) is 0.553. The first-order valence-corrected chi connectivity index (χ1v) is 13.4. The van der Waals surface area contributed by atoms with Crippen molar-refractivity contribution in [2.45, 2.75) is 71.8 Å². The minimum absolute atomic E-state index is 0.0208. The Morgan fingerprint density at radius 3 is 2.43 bits per heavy atom. The third kappa shape index (κ3) is 5.05. The topological polar surface area (TPSA) is 98.5 Å². The summed E-state index contributed by atoms with van der Waals surface area (Å²) in [5, 5.41) is 14.3. The Hall–Kier alpha value is -3.81. The average Bonchev–Trinajstić information content (AvgIpc) is 3.55. The van der Waals surface area contributed by atoms with E-state index in [1.807, 2.05) is 35.8 Å². The maximum absolute atomic E-state index is 13.6. The Balaban J connectivity index is 1.45. The van der Waals surface area contributed by atoms with E-state index in [0.717, 1.165) is 78.6 Å². The second kappa shape index (κ2) is 11.1. The van der Waals surface area contributed by atoms with Crippen molar-refractivity contribution in [3.63, 3.8) is 0 Å². The number of aromatic amines is 1. The van der Waals surface area contributed by atoms with Gasteiger partial charge in [-0.25, -0.2) is 14.5 Å². The van der Waals surface area contributed by atoms with Gasteiger partial charge in [0, 0.05) is 22.9 Å². The lowest BCUT2D eigenvalue weighted by Gasteiger charge is -2.20. The van der Waals surface area contributed by atoms with Gasteiger partial charge in [-0.15, -0.1) is 5.10 Å². The van der Waals surface area contributed by atoms with Crippen LogP contribution in [-0.2, 0) is 13.0 Å². The van der Waals surface area contributed by atoms with Crippen molar-refractivity contribution in [3.8, 4) is 22.5 Å². The van der Waals surface area contributed by atoms with E-state index < -0.39 is 0 Å². The minimum atomic E-state index is -0.202. The number of benzene rings is 2. The summed E-state index contributed by atoms with van der Waals surface area (Å²) in [4.78, 5) is 27.0. The van der Waals surface area contributed by atoms with Crippen LogP contribution >= 0.6 is 0 Å². The third-order valence-corrected chi connectivity index (χ3v) is 7.58. The number of hydrogen-bond acceptors (Lipinski definition) is 5. The van der Waals surface area contributed by atoms with Crippen LogP contribution in [0.25, 0.3) is 22.5 Å². The van der Waals surface area contributed by atoms with Crippen molar-refractivity contribution in [1.29, 1.82) is 0 Å². The van der Waals surface area contributed by atoms with Crippen LogP contribution in [0.15, 0.2) is 53.3 Å². The molecule has 1 aliphatic rings. The molecule has 2 aromatic carbocycles. The summed E-state index contributed by atoms with van der Waals surface area (Å²) < 4.78 is 3.28. The Kier molecular flexibility index (Phi) is 7.44. The number of carbonyl (C=O) groups excluding carboxylic acids is 1. The molecule has 0 unspecified atom stereocenters. The minimum Gasteiger partial charge on any atom is -0.291 e. The molecule has 37 heavy (non-hydrogen) atoms. The van der Waals surface area contributed by atoms with E-state index in [1.165, 1.54) is 11.0 Å². The molecule has 0 bridgehead atoms. The number of imidazole rings is 1. The van der Waals surface area contributed by atoms with Crippen LogP contribution < -0.4 is 5.69 Å². The van der Waals surface area contributed by atoms with Gasteiger partial charge >= 0.3 is 5.69 Å². The van der Waals surface area contributed by atoms with Crippen molar-refractivity contribution in [2.75, 3.05) is 0 Å². The van der Waals surface area contributed by atoms with Gasteiger partial charge in [-0.05, 0) is 59.7 Å². The lowest BCUT2D eigenvalue weighted by atomic mass is 9.88. The van der Waals surface area contributed by atoms with E-state index in [1.54, 1.807) is 0 Å². The molecule has 192 valence electrons. The fourth-order valence-corrected chi connectivity index (χ4v) is 5.51. The zero-order valence-electron chi connectivity index (χ0n) is 21.6. The highest BCUT2D eigenvalue weighted by atomic mass is 16.2. The number of carbonyl (C=O) groups is 1. The first kappa shape index (κ1) is 24.9. The van der Waals surface area contributed by atoms with Crippen molar-refractivity contribution in [3.05, 3.63) is 76.0 Å². The van der Waals surface area contributed by atoms with Gasteiger partial charge in [0.25, 0.3) is 0 Å². The average molecular weight is 499 g/mol. The highest BCUT2D eigenvalue weighted by Gasteiger charge is 2.28. The number of nitrogens with one attached hydrogen (secondary N) is 1. The van der Waals surface area contributed by atoms with Crippen LogP contribution in [0.4, 0.5) is 0 Å². The lowest BCUT2D eigenvalue weighted by molar-refractivity contribution is 0.0794. The van der Waals surface area contributed by atoms with Gasteiger partial charge in [-0.2, -0.15) is 0 Å². The highest BCUT2D eigenvalue weighted by Crippen LogP contribution is 2.30. The zero-order valence-corrected chi connectivity index (χ0v) is 21.6. The molecule has 1 fully saturated rings. The Morgan fingerprint density at radius 1 is 1.03 bits per heavy atom. The number of rotatable bonds is 8. The van der Waals surface area contributed by atoms with Crippen LogP contribution in [0.3, 0.4) is 0 Å². The number of tetrazole rings is 1. The molecule has 8 heteroatoms. The Bertz CT molecular complexity index is 1410. The second-order valence-electron chi connectivity index (χ2n) is 10.0. The van der Waals surface area contributed by atoms with E-state index in [4.69, 9.17) is 0 Å². The monoisotopic (exact) mass is 498 g/mol. The molecule has 4 aromatic rings.